The molecule has 1 amide bonds. The molecule has 1 aliphatic heterocycles. The van der Waals surface area contributed by atoms with Crippen molar-refractivity contribution >= 4 is 17.3 Å². The van der Waals surface area contributed by atoms with Crippen molar-refractivity contribution in [3.8, 4) is 5.75 Å². The van der Waals surface area contributed by atoms with Gasteiger partial charge in [-0.2, -0.15) is 0 Å². The first-order valence-electron chi connectivity index (χ1n) is 8.80. The molecule has 2 aromatic carbocycles. The summed E-state index contributed by atoms with van der Waals surface area (Å²) in [5.41, 5.74) is 3.18. The Hall–Kier alpha value is -2.53. The van der Waals surface area contributed by atoms with Gasteiger partial charge in [0.05, 0.1) is 6.54 Å². The zero-order valence-corrected chi connectivity index (χ0v) is 14.6. The number of rotatable bonds is 5. The molecule has 5 heteroatoms. The van der Waals surface area contributed by atoms with Crippen LogP contribution in [-0.2, 0) is 11.2 Å². The third kappa shape index (κ3) is 4.51. The summed E-state index contributed by atoms with van der Waals surface area (Å²) >= 11 is 0. The number of carbonyl (C=O) groups excluding carboxylic acids is 1. The van der Waals surface area contributed by atoms with E-state index in [4.69, 9.17) is 0 Å². The minimum absolute atomic E-state index is 0.0407. The van der Waals surface area contributed by atoms with Gasteiger partial charge in [0.2, 0.25) is 5.91 Å². The van der Waals surface area contributed by atoms with Crippen LogP contribution in [-0.4, -0.2) is 48.6 Å². The standard InChI is InChI=1S/C20H25N3O2/c1-2-16-5-3-4-6-19(16)21-20(25)15-22-11-13-23(14-12-22)17-7-9-18(24)10-8-17/h3-10,24H,2,11-15H2,1H3,(H,21,25). The lowest BCUT2D eigenvalue weighted by molar-refractivity contribution is -0.117. The van der Waals surface area contributed by atoms with Crippen LogP contribution in [0, 0.1) is 0 Å². The van der Waals surface area contributed by atoms with Gasteiger partial charge in [-0.05, 0) is 42.3 Å². The van der Waals surface area contributed by atoms with Crippen LogP contribution in [0.5, 0.6) is 5.75 Å². The van der Waals surface area contributed by atoms with E-state index in [0.717, 1.165) is 49.5 Å². The number of hydrogen-bond donors (Lipinski definition) is 2. The van der Waals surface area contributed by atoms with E-state index in [1.165, 1.54) is 0 Å². The van der Waals surface area contributed by atoms with Crippen molar-refractivity contribution in [2.24, 2.45) is 0 Å². The average molecular weight is 339 g/mol. The molecular weight excluding hydrogens is 314 g/mol. The zero-order chi connectivity index (χ0) is 17.6. The molecule has 25 heavy (non-hydrogen) atoms. The Bertz CT molecular complexity index is 707. The number of nitrogens with one attached hydrogen (secondary N) is 1. The molecule has 1 aliphatic rings. The summed E-state index contributed by atoms with van der Waals surface area (Å²) in [6.07, 6.45) is 0.905. The highest BCUT2D eigenvalue weighted by Gasteiger charge is 2.19. The number of anilines is 2. The third-order valence-corrected chi connectivity index (χ3v) is 4.63. The number of nitrogens with zero attached hydrogens (tertiary/aromatic N) is 2. The summed E-state index contributed by atoms with van der Waals surface area (Å²) in [6.45, 7) is 5.97. The minimum atomic E-state index is 0.0407. The molecule has 2 N–H and O–H groups in total. The van der Waals surface area contributed by atoms with Crippen LogP contribution in [0.3, 0.4) is 0 Å². The number of phenols is 1. The molecule has 3 rings (SSSR count). The molecule has 0 radical (unpaired) electrons. The molecule has 1 heterocycles. The average Bonchev–Trinajstić information content (AvgIpc) is 2.63. The van der Waals surface area contributed by atoms with Crippen molar-refractivity contribution < 1.29 is 9.90 Å². The summed E-state index contributed by atoms with van der Waals surface area (Å²) in [7, 11) is 0. The van der Waals surface area contributed by atoms with Gasteiger partial charge in [0.15, 0.2) is 0 Å². The normalized spacial score (nSPS) is 15.2. The molecule has 5 nitrogen and oxygen atoms in total. The number of aryl methyl sites for hydroxylation is 1. The first-order valence-corrected chi connectivity index (χ1v) is 8.80. The fraction of sp³-hybridized carbons (Fsp3) is 0.350. The molecule has 0 saturated carbocycles. The molecule has 0 bridgehead atoms. The minimum Gasteiger partial charge on any atom is -0.508 e. The van der Waals surface area contributed by atoms with E-state index in [1.54, 1.807) is 12.1 Å². The largest absolute Gasteiger partial charge is 0.508 e. The van der Waals surface area contributed by atoms with Gasteiger partial charge in [0.25, 0.3) is 0 Å². The molecule has 132 valence electrons. The molecular formula is C20H25N3O2. The summed E-state index contributed by atoms with van der Waals surface area (Å²) in [6, 6.07) is 15.2. The summed E-state index contributed by atoms with van der Waals surface area (Å²) < 4.78 is 0. The van der Waals surface area contributed by atoms with Crippen LogP contribution >= 0.6 is 0 Å². The van der Waals surface area contributed by atoms with Gasteiger partial charge in [-0.25, -0.2) is 0 Å². The maximum absolute atomic E-state index is 12.3. The number of aromatic hydroxyl groups is 1. The van der Waals surface area contributed by atoms with Crippen molar-refractivity contribution in [2.45, 2.75) is 13.3 Å². The second-order valence-corrected chi connectivity index (χ2v) is 6.34. The summed E-state index contributed by atoms with van der Waals surface area (Å²) in [4.78, 5) is 16.8. The number of para-hydroxylation sites is 1. The van der Waals surface area contributed by atoms with E-state index in [0.29, 0.717) is 6.54 Å². The van der Waals surface area contributed by atoms with E-state index in [-0.39, 0.29) is 11.7 Å². The molecule has 0 unspecified atom stereocenters. The first-order chi connectivity index (χ1) is 12.2. The Morgan fingerprint density at radius 1 is 1.04 bits per heavy atom. The van der Waals surface area contributed by atoms with E-state index in [2.05, 4.69) is 22.0 Å². The van der Waals surface area contributed by atoms with Crippen molar-refractivity contribution in [3.05, 3.63) is 54.1 Å². The van der Waals surface area contributed by atoms with Gasteiger partial charge >= 0.3 is 0 Å². The van der Waals surface area contributed by atoms with E-state index < -0.39 is 0 Å². The van der Waals surface area contributed by atoms with Crippen LogP contribution in [0.1, 0.15) is 12.5 Å². The van der Waals surface area contributed by atoms with E-state index in [9.17, 15) is 9.90 Å². The van der Waals surface area contributed by atoms with Gasteiger partial charge in [-0.3, -0.25) is 9.69 Å². The molecule has 1 saturated heterocycles. The molecule has 0 aliphatic carbocycles. The lowest BCUT2D eigenvalue weighted by Crippen LogP contribution is -2.48. The second-order valence-electron chi connectivity index (χ2n) is 6.34. The van der Waals surface area contributed by atoms with Crippen LogP contribution in [0.15, 0.2) is 48.5 Å². The van der Waals surface area contributed by atoms with E-state index in [1.807, 2.05) is 36.4 Å². The maximum Gasteiger partial charge on any atom is 0.238 e. The molecule has 0 aromatic heterocycles. The zero-order valence-electron chi connectivity index (χ0n) is 14.6. The number of amides is 1. The number of phenolic OH excluding ortho intramolecular Hbond substituents is 1. The van der Waals surface area contributed by atoms with Crippen molar-refractivity contribution in [1.29, 1.82) is 0 Å². The fourth-order valence-electron chi connectivity index (χ4n) is 3.17. The van der Waals surface area contributed by atoms with Crippen molar-refractivity contribution in [1.82, 2.24) is 4.90 Å². The number of piperazine rings is 1. The molecule has 0 spiro atoms. The van der Waals surface area contributed by atoms with Gasteiger partial charge in [0.1, 0.15) is 5.75 Å². The summed E-state index contributed by atoms with van der Waals surface area (Å²) in [5.74, 6) is 0.324. The lowest BCUT2D eigenvalue weighted by atomic mass is 10.1. The van der Waals surface area contributed by atoms with Gasteiger partial charge < -0.3 is 15.3 Å². The third-order valence-electron chi connectivity index (χ3n) is 4.63. The maximum atomic E-state index is 12.3. The van der Waals surface area contributed by atoms with Crippen LogP contribution in [0.4, 0.5) is 11.4 Å². The van der Waals surface area contributed by atoms with Crippen LogP contribution in [0.2, 0.25) is 0 Å². The topological polar surface area (TPSA) is 55.8 Å². The predicted molar refractivity (Wildman–Crippen MR) is 101 cm³/mol. The van der Waals surface area contributed by atoms with Gasteiger partial charge in [-0.15, -0.1) is 0 Å². The highest BCUT2D eigenvalue weighted by Crippen LogP contribution is 2.20. The van der Waals surface area contributed by atoms with Gasteiger partial charge in [0, 0.05) is 37.6 Å². The SMILES string of the molecule is CCc1ccccc1NC(=O)CN1CCN(c2ccc(O)cc2)CC1. The Labute approximate surface area is 148 Å². The number of benzene rings is 2. The molecule has 1 fully saturated rings. The lowest BCUT2D eigenvalue weighted by Gasteiger charge is -2.35. The number of carbonyl (C=O) groups is 1. The Kier molecular flexibility index (Phi) is 5.56. The Morgan fingerprint density at radius 3 is 2.40 bits per heavy atom. The Morgan fingerprint density at radius 2 is 1.72 bits per heavy atom. The fourth-order valence-corrected chi connectivity index (χ4v) is 3.17. The molecule has 0 atom stereocenters. The van der Waals surface area contributed by atoms with Crippen LogP contribution in [0.25, 0.3) is 0 Å². The van der Waals surface area contributed by atoms with Crippen molar-refractivity contribution in [2.75, 3.05) is 42.9 Å². The Balaban J connectivity index is 1.50. The smallest absolute Gasteiger partial charge is 0.238 e. The van der Waals surface area contributed by atoms with E-state index >= 15 is 0 Å². The van der Waals surface area contributed by atoms with Crippen LogP contribution < -0.4 is 10.2 Å². The van der Waals surface area contributed by atoms with Gasteiger partial charge in [-0.1, -0.05) is 25.1 Å². The van der Waals surface area contributed by atoms with Crippen molar-refractivity contribution in [3.63, 3.8) is 0 Å². The second kappa shape index (κ2) is 8.03. The molecule has 2 aromatic rings. The quantitative estimate of drug-likeness (QED) is 0.879. The highest BCUT2D eigenvalue weighted by molar-refractivity contribution is 5.93. The first kappa shape index (κ1) is 17.3. The monoisotopic (exact) mass is 339 g/mol. The summed E-state index contributed by atoms with van der Waals surface area (Å²) in [5, 5.41) is 12.4. The highest BCUT2D eigenvalue weighted by atomic mass is 16.3. The predicted octanol–water partition coefficient (Wildman–Crippen LogP) is 2.72. The number of hydrogen-bond acceptors (Lipinski definition) is 4.